The van der Waals surface area contributed by atoms with Crippen molar-refractivity contribution in [2.45, 2.75) is 0 Å². The summed E-state index contributed by atoms with van der Waals surface area (Å²) in [6.45, 7) is 7.18. The molecule has 0 unspecified atom stereocenters. The van der Waals surface area contributed by atoms with Gasteiger partial charge in [0.25, 0.3) is 5.56 Å². The van der Waals surface area contributed by atoms with Gasteiger partial charge in [0.2, 0.25) is 0 Å². The lowest BCUT2D eigenvalue weighted by atomic mass is 10.4. The SMILES string of the molecule is C=C/C=c1/ncc(=O)n(C)/c1=C/C=C. The molecule has 0 radical (unpaired) electrons. The van der Waals surface area contributed by atoms with Gasteiger partial charge in [-0.05, 0) is 12.2 Å². The van der Waals surface area contributed by atoms with E-state index in [1.54, 1.807) is 31.4 Å². The van der Waals surface area contributed by atoms with Gasteiger partial charge in [-0.1, -0.05) is 25.3 Å². The molecule has 0 fully saturated rings. The van der Waals surface area contributed by atoms with Crippen LogP contribution >= 0.6 is 0 Å². The van der Waals surface area contributed by atoms with E-state index in [9.17, 15) is 4.79 Å². The minimum absolute atomic E-state index is 0.140. The van der Waals surface area contributed by atoms with Crippen molar-refractivity contribution in [3.63, 3.8) is 0 Å². The Balaban J connectivity index is 3.81. The molecule has 0 aliphatic rings. The van der Waals surface area contributed by atoms with Crippen LogP contribution in [-0.4, -0.2) is 9.55 Å². The Kier molecular flexibility index (Phi) is 3.18. The van der Waals surface area contributed by atoms with Gasteiger partial charge in [0.15, 0.2) is 0 Å². The second-order valence-corrected chi connectivity index (χ2v) is 2.73. The van der Waals surface area contributed by atoms with Crippen molar-refractivity contribution < 1.29 is 0 Å². The van der Waals surface area contributed by atoms with E-state index in [0.29, 0.717) is 5.35 Å². The van der Waals surface area contributed by atoms with Crippen molar-refractivity contribution in [2.24, 2.45) is 7.05 Å². The first-order chi connectivity index (χ1) is 6.70. The number of hydrogen-bond donors (Lipinski definition) is 0. The van der Waals surface area contributed by atoms with Crippen LogP contribution in [0.25, 0.3) is 12.2 Å². The summed E-state index contributed by atoms with van der Waals surface area (Å²) in [4.78, 5) is 15.3. The van der Waals surface area contributed by atoms with Crippen LogP contribution in [0.4, 0.5) is 0 Å². The maximum atomic E-state index is 11.3. The van der Waals surface area contributed by atoms with Gasteiger partial charge < -0.3 is 4.57 Å². The van der Waals surface area contributed by atoms with Crippen molar-refractivity contribution in [1.82, 2.24) is 9.55 Å². The van der Waals surface area contributed by atoms with Crippen LogP contribution in [-0.2, 0) is 7.05 Å². The van der Waals surface area contributed by atoms with Gasteiger partial charge in [0.05, 0.1) is 16.9 Å². The van der Waals surface area contributed by atoms with Crippen LogP contribution < -0.4 is 16.3 Å². The van der Waals surface area contributed by atoms with Crippen molar-refractivity contribution >= 4 is 12.2 Å². The zero-order valence-electron chi connectivity index (χ0n) is 8.10. The fourth-order valence-electron chi connectivity index (χ4n) is 1.12. The summed E-state index contributed by atoms with van der Waals surface area (Å²) >= 11 is 0. The standard InChI is InChI=1S/C11H12N2O/c1-4-6-9-10(7-5-2)13(3)11(14)8-12-9/h4-8H,1-2H2,3H3/b9-6+,10-7+. The molecule has 0 aliphatic heterocycles. The summed E-state index contributed by atoms with van der Waals surface area (Å²) < 4.78 is 1.52. The molecule has 1 aromatic rings. The van der Waals surface area contributed by atoms with Gasteiger partial charge >= 0.3 is 0 Å². The molecular formula is C11H12N2O. The summed E-state index contributed by atoms with van der Waals surface area (Å²) in [6, 6.07) is 0. The van der Waals surface area contributed by atoms with Gasteiger partial charge in [-0.2, -0.15) is 0 Å². The van der Waals surface area contributed by atoms with Crippen molar-refractivity contribution in [2.75, 3.05) is 0 Å². The predicted octanol–water partition coefficient (Wildman–Crippen LogP) is -0.287. The van der Waals surface area contributed by atoms with E-state index in [0.717, 1.165) is 5.35 Å². The van der Waals surface area contributed by atoms with Crippen LogP contribution in [0.1, 0.15) is 0 Å². The summed E-state index contributed by atoms with van der Waals surface area (Å²) in [6.07, 6.45) is 8.03. The van der Waals surface area contributed by atoms with Crippen LogP contribution in [0.15, 0.2) is 36.3 Å². The van der Waals surface area contributed by atoms with Crippen LogP contribution in [0, 0.1) is 0 Å². The zero-order valence-corrected chi connectivity index (χ0v) is 8.10. The molecule has 0 aliphatic carbocycles. The molecule has 0 saturated carbocycles. The molecule has 1 aromatic heterocycles. The smallest absolute Gasteiger partial charge is 0.269 e. The maximum Gasteiger partial charge on any atom is 0.269 e. The Morgan fingerprint density at radius 1 is 1.36 bits per heavy atom. The largest absolute Gasteiger partial charge is 0.309 e. The third kappa shape index (κ3) is 1.88. The van der Waals surface area contributed by atoms with Gasteiger partial charge in [-0.3, -0.25) is 4.79 Å². The molecule has 1 heterocycles. The summed E-state index contributed by atoms with van der Waals surface area (Å²) in [5, 5.41) is 1.44. The van der Waals surface area contributed by atoms with Crippen LogP contribution in [0.5, 0.6) is 0 Å². The fraction of sp³-hybridized carbons (Fsp3) is 0.0909. The van der Waals surface area contributed by atoms with E-state index in [1.165, 1.54) is 10.8 Å². The highest BCUT2D eigenvalue weighted by Gasteiger charge is 1.92. The highest BCUT2D eigenvalue weighted by Crippen LogP contribution is 1.66. The maximum absolute atomic E-state index is 11.3. The Morgan fingerprint density at radius 2 is 2.00 bits per heavy atom. The minimum Gasteiger partial charge on any atom is -0.309 e. The molecular weight excluding hydrogens is 176 g/mol. The van der Waals surface area contributed by atoms with Crippen LogP contribution in [0.3, 0.4) is 0 Å². The lowest BCUT2D eigenvalue weighted by molar-refractivity contribution is 0.793. The summed E-state index contributed by atoms with van der Waals surface area (Å²) in [5.41, 5.74) is -0.140. The first-order valence-corrected chi connectivity index (χ1v) is 4.18. The number of hydrogen-bond acceptors (Lipinski definition) is 2. The van der Waals surface area contributed by atoms with E-state index in [2.05, 4.69) is 18.1 Å². The Labute approximate surface area is 82.0 Å². The lowest BCUT2D eigenvalue weighted by Gasteiger charge is -1.97. The second kappa shape index (κ2) is 4.37. The highest BCUT2D eigenvalue weighted by atomic mass is 16.1. The molecule has 72 valence electrons. The van der Waals surface area contributed by atoms with E-state index >= 15 is 0 Å². The normalized spacial score (nSPS) is 12.9. The molecule has 0 aromatic carbocycles. The third-order valence-corrected chi connectivity index (χ3v) is 1.82. The number of nitrogens with zero attached hydrogens (tertiary/aromatic N) is 2. The van der Waals surface area contributed by atoms with E-state index in [1.807, 2.05) is 0 Å². The van der Waals surface area contributed by atoms with E-state index < -0.39 is 0 Å². The molecule has 0 spiro atoms. The Morgan fingerprint density at radius 3 is 2.57 bits per heavy atom. The average Bonchev–Trinajstić information content (AvgIpc) is 2.18. The quantitative estimate of drug-likeness (QED) is 0.639. The molecule has 14 heavy (non-hydrogen) atoms. The van der Waals surface area contributed by atoms with Gasteiger partial charge in [-0.15, -0.1) is 0 Å². The molecule has 0 saturated heterocycles. The number of allylic oxidation sites excluding steroid dienone is 2. The molecule has 0 amide bonds. The lowest BCUT2D eigenvalue weighted by Crippen LogP contribution is -2.43. The summed E-state index contributed by atoms with van der Waals surface area (Å²) in [7, 11) is 1.69. The van der Waals surface area contributed by atoms with Crippen molar-refractivity contribution in [1.29, 1.82) is 0 Å². The van der Waals surface area contributed by atoms with Gasteiger partial charge in [0, 0.05) is 7.05 Å². The average molecular weight is 188 g/mol. The predicted molar refractivity (Wildman–Crippen MR) is 58.1 cm³/mol. The second-order valence-electron chi connectivity index (χ2n) is 2.73. The van der Waals surface area contributed by atoms with Gasteiger partial charge in [0.1, 0.15) is 0 Å². The van der Waals surface area contributed by atoms with Crippen molar-refractivity contribution in [3.05, 3.63) is 52.6 Å². The topological polar surface area (TPSA) is 34.9 Å². The van der Waals surface area contributed by atoms with Gasteiger partial charge in [-0.25, -0.2) is 4.98 Å². The van der Waals surface area contributed by atoms with Crippen LogP contribution in [0.2, 0.25) is 0 Å². The highest BCUT2D eigenvalue weighted by molar-refractivity contribution is 5.38. The van der Waals surface area contributed by atoms with E-state index in [-0.39, 0.29) is 5.56 Å². The first kappa shape index (κ1) is 10.2. The molecule has 0 atom stereocenters. The monoisotopic (exact) mass is 188 g/mol. The third-order valence-electron chi connectivity index (χ3n) is 1.82. The van der Waals surface area contributed by atoms with E-state index in [4.69, 9.17) is 0 Å². The summed E-state index contributed by atoms with van der Waals surface area (Å²) in [5.74, 6) is 0. The Hall–Kier alpha value is -1.90. The molecule has 3 nitrogen and oxygen atoms in total. The number of rotatable bonds is 2. The minimum atomic E-state index is -0.140. The first-order valence-electron chi connectivity index (χ1n) is 4.18. The van der Waals surface area contributed by atoms with Crippen molar-refractivity contribution in [3.8, 4) is 0 Å². The molecule has 1 rings (SSSR count). The molecule has 3 heteroatoms. The molecule has 0 bridgehead atoms. The molecule has 0 N–H and O–H groups in total. The zero-order chi connectivity index (χ0) is 10.6. The number of aromatic nitrogens is 2. The fourth-order valence-corrected chi connectivity index (χ4v) is 1.12. The Bertz CT molecular complexity index is 523.